The van der Waals surface area contributed by atoms with E-state index in [1.54, 1.807) is 6.07 Å². The lowest BCUT2D eigenvalue weighted by Gasteiger charge is -2.16. The Balaban J connectivity index is 2.03. The number of nitrogens with zero attached hydrogens (tertiary/aromatic N) is 1. The van der Waals surface area contributed by atoms with Crippen molar-refractivity contribution in [3.8, 4) is 0 Å². The van der Waals surface area contributed by atoms with Crippen LogP contribution in [0.25, 0.3) is 0 Å². The average Bonchev–Trinajstić information content (AvgIpc) is 2.83. The summed E-state index contributed by atoms with van der Waals surface area (Å²) in [6, 6.07) is 5.46. The van der Waals surface area contributed by atoms with Gasteiger partial charge < -0.3 is 5.32 Å². The SMILES string of the molecule is CCNCc1ccc(F)c(CN2CCCC2)c1. The maximum Gasteiger partial charge on any atom is 0.127 e. The fraction of sp³-hybridized carbons (Fsp3) is 0.571. The Morgan fingerprint density at radius 2 is 2.06 bits per heavy atom. The van der Waals surface area contributed by atoms with Crippen LogP contribution in [0.3, 0.4) is 0 Å². The molecule has 1 aromatic carbocycles. The Kier molecular flexibility index (Phi) is 4.51. The van der Waals surface area contributed by atoms with Gasteiger partial charge in [-0.1, -0.05) is 19.1 Å². The maximum absolute atomic E-state index is 13.7. The van der Waals surface area contributed by atoms with Gasteiger partial charge in [-0.2, -0.15) is 0 Å². The molecule has 0 aromatic heterocycles. The Morgan fingerprint density at radius 1 is 1.29 bits per heavy atom. The Morgan fingerprint density at radius 3 is 2.76 bits per heavy atom. The number of hydrogen-bond donors (Lipinski definition) is 1. The van der Waals surface area contributed by atoms with E-state index in [4.69, 9.17) is 0 Å². The number of likely N-dealkylation sites (tertiary alicyclic amines) is 1. The minimum atomic E-state index is -0.0721. The van der Waals surface area contributed by atoms with E-state index in [-0.39, 0.29) is 5.82 Å². The first kappa shape index (κ1) is 12.5. The fourth-order valence-electron chi connectivity index (χ4n) is 2.31. The molecule has 0 radical (unpaired) electrons. The van der Waals surface area contributed by atoms with Gasteiger partial charge in [0.15, 0.2) is 0 Å². The number of hydrogen-bond acceptors (Lipinski definition) is 2. The van der Waals surface area contributed by atoms with Gasteiger partial charge in [-0.15, -0.1) is 0 Å². The summed E-state index contributed by atoms with van der Waals surface area (Å²) < 4.78 is 13.7. The minimum Gasteiger partial charge on any atom is -0.313 e. The van der Waals surface area contributed by atoms with Crippen LogP contribution in [0.2, 0.25) is 0 Å². The number of rotatable bonds is 5. The molecule has 1 aromatic rings. The van der Waals surface area contributed by atoms with Gasteiger partial charge >= 0.3 is 0 Å². The van der Waals surface area contributed by atoms with Crippen LogP contribution in [0.1, 0.15) is 30.9 Å². The molecule has 0 bridgehead atoms. The molecule has 1 aliphatic rings. The predicted octanol–water partition coefficient (Wildman–Crippen LogP) is 2.53. The zero-order valence-electron chi connectivity index (χ0n) is 10.5. The summed E-state index contributed by atoms with van der Waals surface area (Å²) in [6.45, 7) is 6.82. The molecule has 2 nitrogen and oxygen atoms in total. The second kappa shape index (κ2) is 6.12. The van der Waals surface area contributed by atoms with Crippen molar-refractivity contribution >= 4 is 0 Å². The monoisotopic (exact) mass is 236 g/mol. The average molecular weight is 236 g/mol. The van der Waals surface area contributed by atoms with Crippen LogP contribution in [0.15, 0.2) is 18.2 Å². The smallest absolute Gasteiger partial charge is 0.127 e. The maximum atomic E-state index is 13.7. The summed E-state index contributed by atoms with van der Waals surface area (Å²) in [5.41, 5.74) is 2.00. The highest BCUT2D eigenvalue weighted by atomic mass is 19.1. The van der Waals surface area contributed by atoms with E-state index in [9.17, 15) is 4.39 Å². The Bertz CT molecular complexity index is 359. The van der Waals surface area contributed by atoms with Crippen LogP contribution in [0.5, 0.6) is 0 Å². The highest BCUT2D eigenvalue weighted by molar-refractivity contribution is 5.25. The Hall–Kier alpha value is -0.930. The molecule has 1 saturated heterocycles. The summed E-state index contributed by atoms with van der Waals surface area (Å²) in [5, 5.41) is 3.27. The second-order valence-electron chi connectivity index (χ2n) is 4.69. The molecule has 1 heterocycles. The summed E-state index contributed by atoms with van der Waals surface area (Å²) in [5.74, 6) is -0.0721. The highest BCUT2D eigenvalue weighted by Crippen LogP contribution is 2.16. The largest absolute Gasteiger partial charge is 0.313 e. The summed E-state index contributed by atoms with van der Waals surface area (Å²) in [4.78, 5) is 2.33. The van der Waals surface area contributed by atoms with Crippen LogP contribution < -0.4 is 5.32 Å². The van der Waals surface area contributed by atoms with Gasteiger partial charge in [0.2, 0.25) is 0 Å². The van der Waals surface area contributed by atoms with E-state index < -0.39 is 0 Å². The van der Waals surface area contributed by atoms with Gasteiger partial charge in [0, 0.05) is 18.7 Å². The lowest BCUT2D eigenvalue weighted by Crippen LogP contribution is -2.19. The topological polar surface area (TPSA) is 15.3 Å². The molecule has 17 heavy (non-hydrogen) atoms. The van der Waals surface area contributed by atoms with Crippen molar-refractivity contribution in [3.63, 3.8) is 0 Å². The molecule has 0 amide bonds. The molecule has 1 aliphatic heterocycles. The molecule has 0 aliphatic carbocycles. The van der Waals surface area contributed by atoms with E-state index in [0.29, 0.717) is 0 Å². The quantitative estimate of drug-likeness (QED) is 0.845. The summed E-state index contributed by atoms with van der Waals surface area (Å²) >= 11 is 0. The van der Waals surface area contributed by atoms with E-state index in [1.807, 2.05) is 12.1 Å². The predicted molar refractivity (Wildman–Crippen MR) is 68.3 cm³/mol. The van der Waals surface area contributed by atoms with Gasteiger partial charge in [0.05, 0.1) is 0 Å². The summed E-state index contributed by atoms with van der Waals surface area (Å²) in [7, 11) is 0. The van der Waals surface area contributed by atoms with Gasteiger partial charge in [0.1, 0.15) is 5.82 Å². The van der Waals surface area contributed by atoms with Gasteiger partial charge in [-0.05, 0) is 44.1 Å². The molecule has 2 rings (SSSR count). The molecule has 1 fully saturated rings. The molecule has 0 saturated carbocycles. The Labute approximate surface area is 103 Å². The van der Waals surface area contributed by atoms with Crippen LogP contribution in [-0.2, 0) is 13.1 Å². The van der Waals surface area contributed by atoms with Crippen molar-refractivity contribution in [2.24, 2.45) is 0 Å². The number of benzene rings is 1. The third-order valence-electron chi connectivity index (χ3n) is 3.28. The molecular weight excluding hydrogens is 215 g/mol. The highest BCUT2D eigenvalue weighted by Gasteiger charge is 2.14. The first-order valence-corrected chi connectivity index (χ1v) is 6.50. The fourth-order valence-corrected chi connectivity index (χ4v) is 2.31. The van der Waals surface area contributed by atoms with Gasteiger partial charge in [0.25, 0.3) is 0 Å². The molecule has 0 spiro atoms. The van der Waals surface area contributed by atoms with Gasteiger partial charge in [-0.25, -0.2) is 4.39 Å². The normalized spacial score (nSPS) is 16.6. The standard InChI is InChI=1S/C14H21FN2/c1-2-16-10-12-5-6-14(15)13(9-12)11-17-7-3-4-8-17/h5-6,9,16H,2-4,7-8,10-11H2,1H3. The van der Waals surface area contributed by atoms with Crippen molar-refractivity contribution in [3.05, 3.63) is 35.1 Å². The van der Waals surface area contributed by atoms with Crippen molar-refractivity contribution in [1.82, 2.24) is 10.2 Å². The minimum absolute atomic E-state index is 0.0721. The second-order valence-corrected chi connectivity index (χ2v) is 4.69. The molecule has 3 heteroatoms. The van der Waals surface area contributed by atoms with Crippen LogP contribution in [-0.4, -0.2) is 24.5 Å². The lowest BCUT2D eigenvalue weighted by atomic mass is 10.1. The number of halogens is 1. The number of nitrogens with one attached hydrogen (secondary N) is 1. The van der Waals surface area contributed by atoms with Crippen LogP contribution in [0.4, 0.5) is 4.39 Å². The third-order valence-corrected chi connectivity index (χ3v) is 3.28. The van der Waals surface area contributed by atoms with E-state index in [0.717, 1.165) is 38.3 Å². The molecule has 94 valence electrons. The lowest BCUT2D eigenvalue weighted by molar-refractivity contribution is 0.325. The van der Waals surface area contributed by atoms with E-state index in [1.165, 1.54) is 18.4 Å². The van der Waals surface area contributed by atoms with Crippen LogP contribution in [0, 0.1) is 5.82 Å². The zero-order chi connectivity index (χ0) is 12.1. The van der Waals surface area contributed by atoms with Crippen molar-refractivity contribution in [2.45, 2.75) is 32.9 Å². The van der Waals surface area contributed by atoms with E-state index in [2.05, 4.69) is 17.1 Å². The van der Waals surface area contributed by atoms with Gasteiger partial charge in [-0.3, -0.25) is 4.90 Å². The zero-order valence-corrected chi connectivity index (χ0v) is 10.5. The molecule has 1 N–H and O–H groups in total. The third kappa shape index (κ3) is 3.51. The molecule has 0 unspecified atom stereocenters. The van der Waals surface area contributed by atoms with Crippen molar-refractivity contribution in [2.75, 3.05) is 19.6 Å². The van der Waals surface area contributed by atoms with Crippen molar-refractivity contribution in [1.29, 1.82) is 0 Å². The molecule has 0 atom stereocenters. The van der Waals surface area contributed by atoms with Crippen molar-refractivity contribution < 1.29 is 4.39 Å². The first-order valence-electron chi connectivity index (χ1n) is 6.50. The first-order chi connectivity index (χ1) is 8.29. The van der Waals surface area contributed by atoms with Crippen LogP contribution >= 0.6 is 0 Å². The molecular formula is C14H21FN2. The summed E-state index contributed by atoms with van der Waals surface area (Å²) in [6.07, 6.45) is 2.50. The van der Waals surface area contributed by atoms with E-state index >= 15 is 0 Å².